The summed E-state index contributed by atoms with van der Waals surface area (Å²) >= 11 is 0. The molecule has 0 aromatic heterocycles. The maximum Gasteiger partial charge on any atom is 0.225 e. The Bertz CT molecular complexity index is 576. The van der Waals surface area contributed by atoms with Gasteiger partial charge in [0.2, 0.25) is 5.91 Å². The molecule has 1 heterocycles. The van der Waals surface area contributed by atoms with Crippen LogP contribution in [0.3, 0.4) is 0 Å². The number of hydrogen-bond acceptors (Lipinski definition) is 4. The van der Waals surface area contributed by atoms with Crippen LogP contribution in [0.1, 0.15) is 25.7 Å². The number of ether oxygens (including phenoxy) is 2. The van der Waals surface area contributed by atoms with Crippen molar-refractivity contribution in [1.29, 1.82) is 0 Å². The van der Waals surface area contributed by atoms with E-state index in [0.717, 1.165) is 25.7 Å². The van der Waals surface area contributed by atoms with Crippen molar-refractivity contribution in [2.45, 2.75) is 31.3 Å². The lowest BCUT2D eigenvalue weighted by atomic mass is 10.0. The Labute approximate surface area is 141 Å². The van der Waals surface area contributed by atoms with Gasteiger partial charge in [0.25, 0.3) is 0 Å². The van der Waals surface area contributed by atoms with Gasteiger partial charge >= 0.3 is 0 Å². The first kappa shape index (κ1) is 17.2. The van der Waals surface area contributed by atoms with Gasteiger partial charge in [0.15, 0.2) is 0 Å². The third-order valence-electron chi connectivity index (χ3n) is 4.68. The molecule has 3 rings (SSSR count). The van der Waals surface area contributed by atoms with Gasteiger partial charge in [0.05, 0.1) is 19.8 Å². The number of nitrogens with zero attached hydrogens (tertiary/aromatic N) is 1. The lowest BCUT2D eigenvalue weighted by Crippen LogP contribution is -2.51. The summed E-state index contributed by atoms with van der Waals surface area (Å²) in [5, 5.41) is 10.8. The molecule has 1 aromatic rings. The van der Waals surface area contributed by atoms with Crippen LogP contribution in [0.15, 0.2) is 24.3 Å². The second-order valence-corrected chi connectivity index (χ2v) is 6.76. The van der Waals surface area contributed by atoms with Gasteiger partial charge in [-0.3, -0.25) is 4.79 Å². The summed E-state index contributed by atoms with van der Waals surface area (Å²) in [6, 6.07) is 5.78. The van der Waals surface area contributed by atoms with Gasteiger partial charge in [-0.25, -0.2) is 4.39 Å². The standard InChI is InChI=1S/C18H24FNO4/c19-15-6-3-7-16(10-15)24-13-18(22)11-20(8-9-23-12-18)17(21)14-4-1-2-5-14/h3,6-7,10,14,22H,1-2,4-5,8-9,11-13H2. The van der Waals surface area contributed by atoms with Gasteiger partial charge in [-0.15, -0.1) is 0 Å². The topological polar surface area (TPSA) is 59.0 Å². The van der Waals surface area contributed by atoms with Gasteiger partial charge in [0, 0.05) is 18.5 Å². The van der Waals surface area contributed by atoms with Crippen molar-refractivity contribution in [1.82, 2.24) is 4.90 Å². The Kier molecular flexibility index (Phi) is 5.36. The molecule has 6 heteroatoms. The molecular formula is C18H24FNO4. The van der Waals surface area contributed by atoms with Crippen LogP contribution in [0, 0.1) is 11.7 Å². The minimum atomic E-state index is -1.29. The lowest BCUT2D eigenvalue weighted by Gasteiger charge is -2.31. The summed E-state index contributed by atoms with van der Waals surface area (Å²) in [5.41, 5.74) is -1.29. The molecule has 1 aliphatic heterocycles. The zero-order valence-corrected chi connectivity index (χ0v) is 13.7. The predicted octanol–water partition coefficient (Wildman–Crippen LogP) is 1.98. The number of hydrogen-bond donors (Lipinski definition) is 1. The van der Waals surface area contributed by atoms with Gasteiger partial charge in [-0.05, 0) is 25.0 Å². The molecule has 1 atom stereocenters. The largest absolute Gasteiger partial charge is 0.490 e. The highest BCUT2D eigenvalue weighted by Crippen LogP contribution is 2.28. The third kappa shape index (κ3) is 4.24. The average molecular weight is 337 g/mol. The average Bonchev–Trinajstić information content (AvgIpc) is 3.03. The van der Waals surface area contributed by atoms with Crippen LogP contribution in [-0.2, 0) is 9.53 Å². The van der Waals surface area contributed by atoms with Crippen molar-refractivity contribution in [3.63, 3.8) is 0 Å². The number of halogens is 1. The van der Waals surface area contributed by atoms with Crippen molar-refractivity contribution in [2.75, 3.05) is 32.9 Å². The Morgan fingerprint density at radius 2 is 2.21 bits per heavy atom. The van der Waals surface area contributed by atoms with Crippen LogP contribution in [0.5, 0.6) is 5.75 Å². The number of carbonyl (C=O) groups is 1. The first-order valence-corrected chi connectivity index (χ1v) is 8.53. The molecule has 0 spiro atoms. The summed E-state index contributed by atoms with van der Waals surface area (Å²) in [5.74, 6) is 0.120. The van der Waals surface area contributed by atoms with Crippen LogP contribution >= 0.6 is 0 Å². The summed E-state index contributed by atoms with van der Waals surface area (Å²) in [6.07, 6.45) is 4.03. The fourth-order valence-electron chi connectivity index (χ4n) is 3.40. The first-order chi connectivity index (χ1) is 11.6. The maximum absolute atomic E-state index is 13.2. The monoisotopic (exact) mass is 337 g/mol. The van der Waals surface area contributed by atoms with Crippen molar-refractivity contribution in [3.8, 4) is 5.75 Å². The Hall–Kier alpha value is -1.66. The van der Waals surface area contributed by atoms with Crippen LogP contribution < -0.4 is 4.74 Å². The van der Waals surface area contributed by atoms with Gasteiger partial charge in [0.1, 0.15) is 23.8 Å². The van der Waals surface area contributed by atoms with Crippen LogP contribution in [0.4, 0.5) is 4.39 Å². The van der Waals surface area contributed by atoms with Crippen LogP contribution in [0.25, 0.3) is 0 Å². The number of benzene rings is 1. The predicted molar refractivity (Wildman–Crippen MR) is 86.2 cm³/mol. The number of carbonyl (C=O) groups excluding carboxylic acids is 1. The van der Waals surface area contributed by atoms with E-state index >= 15 is 0 Å². The molecule has 1 saturated carbocycles. The van der Waals surface area contributed by atoms with E-state index in [1.807, 2.05) is 0 Å². The second-order valence-electron chi connectivity index (χ2n) is 6.76. The fraction of sp³-hybridized carbons (Fsp3) is 0.611. The van der Waals surface area contributed by atoms with Crippen LogP contribution in [0.2, 0.25) is 0 Å². The molecule has 0 radical (unpaired) electrons. The molecule has 1 amide bonds. The zero-order valence-electron chi connectivity index (χ0n) is 13.7. The molecule has 1 aliphatic carbocycles. The Morgan fingerprint density at radius 3 is 2.96 bits per heavy atom. The van der Waals surface area contributed by atoms with E-state index in [4.69, 9.17) is 9.47 Å². The van der Waals surface area contributed by atoms with E-state index in [1.165, 1.54) is 12.1 Å². The van der Waals surface area contributed by atoms with E-state index in [1.54, 1.807) is 17.0 Å². The minimum Gasteiger partial charge on any atom is -0.490 e. The number of amides is 1. The molecule has 1 aromatic carbocycles. The van der Waals surface area contributed by atoms with E-state index in [0.29, 0.717) is 18.9 Å². The highest BCUT2D eigenvalue weighted by molar-refractivity contribution is 5.79. The number of rotatable bonds is 4. The van der Waals surface area contributed by atoms with Gasteiger partial charge in [-0.2, -0.15) is 0 Å². The molecule has 132 valence electrons. The highest BCUT2D eigenvalue weighted by atomic mass is 19.1. The third-order valence-corrected chi connectivity index (χ3v) is 4.68. The smallest absolute Gasteiger partial charge is 0.225 e. The molecule has 24 heavy (non-hydrogen) atoms. The molecule has 0 bridgehead atoms. The van der Waals surface area contributed by atoms with E-state index in [-0.39, 0.29) is 31.6 Å². The first-order valence-electron chi connectivity index (χ1n) is 8.53. The summed E-state index contributed by atoms with van der Waals surface area (Å²) in [7, 11) is 0. The number of β-amino-alcohol motifs (C(OH)–C–C–N with tert-alkyl or cyclic N) is 1. The second kappa shape index (κ2) is 7.49. The lowest BCUT2D eigenvalue weighted by molar-refractivity contribution is -0.139. The Morgan fingerprint density at radius 1 is 1.42 bits per heavy atom. The van der Waals surface area contributed by atoms with Crippen molar-refractivity contribution < 1.29 is 23.8 Å². The summed E-state index contributed by atoms with van der Waals surface area (Å²) < 4.78 is 24.2. The fourth-order valence-corrected chi connectivity index (χ4v) is 3.40. The number of aliphatic hydroxyl groups is 1. The quantitative estimate of drug-likeness (QED) is 0.913. The molecule has 1 unspecified atom stereocenters. The van der Waals surface area contributed by atoms with Crippen molar-refractivity contribution >= 4 is 5.91 Å². The maximum atomic E-state index is 13.2. The molecule has 2 fully saturated rings. The Balaban J connectivity index is 1.63. The highest BCUT2D eigenvalue weighted by Gasteiger charge is 2.37. The van der Waals surface area contributed by atoms with E-state index < -0.39 is 11.4 Å². The SMILES string of the molecule is O=C(C1CCCC1)N1CCOCC(O)(COc2cccc(F)c2)C1. The van der Waals surface area contributed by atoms with Crippen LogP contribution in [-0.4, -0.2) is 54.4 Å². The van der Waals surface area contributed by atoms with Gasteiger partial charge in [-0.1, -0.05) is 18.9 Å². The zero-order chi connectivity index (χ0) is 17.0. The molecule has 2 aliphatic rings. The molecule has 1 saturated heterocycles. The van der Waals surface area contributed by atoms with E-state index in [9.17, 15) is 14.3 Å². The molecule has 1 N–H and O–H groups in total. The van der Waals surface area contributed by atoms with Crippen molar-refractivity contribution in [2.24, 2.45) is 5.92 Å². The van der Waals surface area contributed by atoms with Crippen molar-refractivity contribution in [3.05, 3.63) is 30.1 Å². The minimum absolute atomic E-state index is 0.0507. The normalized spacial score (nSPS) is 25.5. The summed E-state index contributed by atoms with van der Waals surface area (Å²) in [4.78, 5) is 14.3. The molecule has 5 nitrogen and oxygen atoms in total. The van der Waals surface area contributed by atoms with E-state index in [2.05, 4.69) is 0 Å². The summed E-state index contributed by atoms with van der Waals surface area (Å²) in [6.45, 7) is 1.11. The van der Waals surface area contributed by atoms with Gasteiger partial charge < -0.3 is 19.5 Å². The molecular weight excluding hydrogens is 313 g/mol.